The lowest BCUT2D eigenvalue weighted by molar-refractivity contribution is -0.133. The van der Waals surface area contributed by atoms with E-state index in [-0.39, 0.29) is 30.4 Å². The van der Waals surface area contributed by atoms with E-state index in [1.54, 1.807) is 29.0 Å². The molecule has 0 aliphatic carbocycles. The lowest BCUT2D eigenvalue weighted by Gasteiger charge is -2.33. The highest BCUT2D eigenvalue weighted by Crippen LogP contribution is 2.16. The standard InChI is InChI=1S/C14H20N6O3S/c1-12-7-16-19(9-12)11-14(21)18-3-5-20(6-4-18)24(22,23)13-8-15-17(2)10-13/h7-10H,3-6,11H2,1-2H3. The summed E-state index contributed by atoms with van der Waals surface area (Å²) in [7, 11) is -1.88. The number of amides is 1. The third-order valence-electron chi connectivity index (χ3n) is 3.97. The van der Waals surface area contributed by atoms with Crippen molar-refractivity contribution >= 4 is 15.9 Å². The summed E-state index contributed by atoms with van der Waals surface area (Å²) in [5.74, 6) is -0.0588. The summed E-state index contributed by atoms with van der Waals surface area (Å²) in [5.41, 5.74) is 0.996. The van der Waals surface area contributed by atoms with Gasteiger partial charge in [0.05, 0.1) is 12.4 Å². The molecule has 130 valence electrons. The van der Waals surface area contributed by atoms with Crippen LogP contribution in [0.3, 0.4) is 0 Å². The molecule has 1 saturated heterocycles. The molecule has 0 bridgehead atoms. The first-order valence-corrected chi connectivity index (χ1v) is 9.06. The van der Waals surface area contributed by atoms with Crippen molar-refractivity contribution in [2.24, 2.45) is 7.05 Å². The summed E-state index contributed by atoms with van der Waals surface area (Å²) in [6.45, 7) is 3.39. The Balaban J connectivity index is 1.60. The van der Waals surface area contributed by atoms with E-state index in [4.69, 9.17) is 0 Å². The number of aryl methyl sites for hydroxylation is 2. The van der Waals surface area contributed by atoms with E-state index >= 15 is 0 Å². The number of hydrogen-bond acceptors (Lipinski definition) is 5. The first-order chi connectivity index (χ1) is 11.4. The number of sulfonamides is 1. The van der Waals surface area contributed by atoms with Gasteiger partial charge in [0.1, 0.15) is 11.4 Å². The Morgan fingerprint density at radius 1 is 1.12 bits per heavy atom. The van der Waals surface area contributed by atoms with Crippen LogP contribution in [0.15, 0.2) is 29.7 Å². The molecule has 0 radical (unpaired) electrons. The van der Waals surface area contributed by atoms with Crippen LogP contribution in [-0.2, 0) is 28.4 Å². The number of hydrogen-bond donors (Lipinski definition) is 0. The summed E-state index contributed by atoms with van der Waals surface area (Å²) >= 11 is 0. The Morgan fingerprint density at radius 3 is 2.38 bits per heavy atom. The van der Waals surface area contributed by atoms with Gasteiger partial charge in [-0.25, -0.2) is 8.42 Å². The van der Waals surface area contributed by atoms with E-state index in [0.717, 1.165) is 5.56 Å². The van der Waals surface area contributed by atoms with Gasteiger partial charge >= 0.3 is 0 Å². The molecular formula is C14H20N6O3S. The van der Waals surface area contributed by atoms with Crippen LogP contribution < -0.4 is 0 Å². The van der Waals surface area contributed by atoms with Gasteiger partial charge in [0.2, 0.25) is 15.9 Å². The summed E-state index contributed by atoms with van der Waals surface area (Å²) < 4.78 is 29.5. The van der Waals surface area contributed by atoms with Crippen LogP contribution in [0, 0.1) is 6.92 Å². The number of nitrogens with zero attached hydrogens (tertiary/aromatic N) is 6. The molecule has 10 heteroatoms. The number of piperazine rings is 1. The molecule has 1 fully saturated rings. The lowest BCUT2D eigenvalue weighted by Crippen LogP contribution is -2.51. The quantitative estimate of drug-likeness (QED) is 0.737. The highest BCUT2D eigenvalue weighted by Gasteiger charge is 2.30. The minimum atomic E-state index is -3.55. The molecule has 9 nitrogen and oxygen atoms in total. The molecule has 24 heavy (non-hydrogen) atoms. The van der Waals surface area contributed by atoms with Gasteiger partial charge in [-0.3, -0.25) is 14.2 Å². The van der Waals surface area contributed by atoms with Crippen molar-refractivity contribution in [3.05, 3.63) is 30.4 Å². The molecule has 0 N–H and O–H groups in total. The number of carbonyl (C=O) groups excluding carboxylic acids is 1. The molecule has 1 amide bonds. The zero-order chi connectivity index (χ0) is 17.3. The highest BCUT2D eigenvalue weighted by atomic mass is 32.2. The minimum Gasteiger partial charge on any atom is -0.338 e. The van der Waals surface area contributed by atoms with Gasteiger partial charge < -0.3 is 4.90 Å². The lowest BCUT2D eigenvalue weighted by atomic mass is 10.3. The maximum Gasteiger partial charge on any atom is 0.246 e. The van der Waals surface area contributed by atoms with Crippen LogP contribution in [0.2, 0.25) is 0 Å². The van der Waals surface area contributed by atoms with Crippen LogP contribution in [0.25, 0.3) is 0 Å². The van der Waals surface area contributed by atoms with Crippen molar-refractivity contribution in [3.8, 4) is 0 Å². The normalized spacial score (nSPS) is 16.5. The molecule has 1 aliphatic heterocycles. The second-order valence-corrected chi connectivity index (χ2v) is 7.79. The van der Waals surface area contributed by atoms with E-state index in [0.29, 0.717) is 13.1 Å². The van der Waals surface area contributed by atoms with Crippen LogP contribution in [-0.4, -0.2) is 69.3 Å². The molecular weight excluding hydrogens is 332 g/mol. The molecule has 3 rings (SSSR count). The number of carbonyl (C=O) groups is 1. The molecule has 0 aromatic carbocycles. The van der Waals surface area contributed by atoms with E-state index in [9.17, 15) is 13.2 Å². The molecule has 0 spiro atoms. The summed E-state index contributed by atoms with van der Waals surface area (Å²) in [6, 6.07) is 0. The van der Waals surface area contributed by atoms with Gasteiger partial charge in [0.15, 0.2) is 0 Å². The van der Waals surface area contributed by atoms with Gasteiger partial charge in [-0.15, -0.1) is 0 Å². The largest absolute Gasteiger partial charge is 0.338 e. The first-order valence-electron chi connectivity index (χ1n) is 7.62. The minimum absolute atomic E-state index is 0.0588. The van der Waals surface area contributed by atoms with Crippen molar-refractivity contribution in [1.82, 2.24) is 28.8 Å². The van der Waals surface area contributed by atoms with E-state index in [1.165, 1.54) is 21.4 Å². The van der Waals surface area contributed by atoms with E-state index in [2.05, 4.69) is 10.2 Å². The molecule has 0 saturated carbocycles. The Morgan fingerprint density at radius 2 is 1.83 bits per heavy atom. The third kappa shape index (κ3) is 3.34. The predicted octanol–water partition coefficient (Wildman–Crippen LogP) is -0.542. The zero-order valence-corrected chi connectivity index (χ0v) is 14.5. The Labute approximate surface area is 140 Å². The van der Waals surface area contributed by atoms with Crippen molar-refractivity contribution in [1.29, 1.82) is 0 Å². The predicted molar refractivity (Wildman–Crippen MR) is 85.5 cm³/mol. The van der Waals surface area contributed by atoms with Gasteiger partial charge in [-0.05, 0) is 12.5 Å². The summed E-state index contributed by atoms with van der Waals surface area (Å²) in [4.78, 5) is 14.1. The van der Waals surface area contributed by atoms with Crippen molar-refractivity contribution in [2.45, 2.75) is 18.4 Å². The SMILES string of the molecule is Cc1cnn(CC(=O)N2CCN(S(=O)(=O)c3cnn(C)c3)CC2)c1. The van der Waals surface area contributed by atoms with Gasteiger partial charge in [0, 0.05) is 45.6 Å². The average molecular weight is 352 g/mol. The maximum atomic E-state index is 12.5. The van der Waals surface area contributed by atoms with Crippen molar-refractivity contribution in [3.63, 3.8) is 0 Å². The molecule has 2 aromatic rings. The van der Waals surface area contributed by atoms with Crippen LogP contribution in [0.4, 0.5) is 0 Å². The Kier molecular flexibility index (Phi) is 4.41. The fourth-order valence-electron chi connectivity index (χ4n) is 2.65. The second-order valence-electron chi connectivity index (χ2n) is 5.85. The molecule has 1 aliphatic rings. The third-order valence-corrected chi connectivity index (χ3v) is 5.82. The number of rotatable bonds is 4. The Hall–Kier alpha value is -2.20. The van der Waals surface area contributed by atoms with E-state index in [1.807, 2.05) is 6.92 Å². The van der Waals surface area contributed by atoms with Crippen molar-refractivity contribution in [2.75, 3.05) is 26.2 Å². The fraction of sp³-hybridized carbons (Fsp3) is 0.500. The van der Waals surface area contributed by atoms with Crippen LogP contribution >= 0.6 is 0 Å². The highest BCUT2D eigenvalue weighted by molar-refractivity contribution is 7.89. The summed E-state index contributed by atoms with van der Waals surface area (Å²) in [6.07, 6.45) is 6.33. The van der Waals surface area contributed by atoms with Crippen molar-refractivity contribution < 1.29 is 13.2 Å². The smallest absolute Gasteiger partial charge is 0.246 e. The fourth-order valence-corrected chi connectivity index (χ4v) is 4.06. The van der Waals surface area contributed by atoms with Gasteiger partial charge in [0.25, 0.3) is 0 Å². The zero-order valence-electron chi connectivity index (χ0n) is 13.7. The van der Waals surface area contributed by atoms with Gasteiger partial charge in [-0.1, -0.05) is 0 Å². The maximum absolute atomic E-state index is 12.5. The number of aromatic nitrogens is 4. The summed E-state index contributed by atoms with van der Waals surface area (Å²) in [5, 5.41) is 8.01. The second kappa shape index (κ2) is 6.36. The van der Waals surface area contributed by atoms with Crippen LogP contribution in [0.1, 0.15) is 5.56 Å². The molecule has 3 heterocycles. The molecule has 0 unspecified atom stereocenters. The first kappa shape index (κ1) is 16.7. The molecule has 0 atom stereocenters. The van der Waals surface area contributed by atoms with Crippen LogP contribution in [0.5, 0.6) is 0 Å². The van der Waals surface area contributed by atoms with Gasteiger partial charge in [-0.2, -0.15) is 14.5 Å². The van der Waals surface area contributed by atoms with E-state index < -0.39 is 10.0 Å². The average Bonchev–Trinajstić information content (AvgIpc) is 3.16. The Bertz CT molecular complexity index is 832. The topological polar surface area (TPSA) is 93.3 Å². The monoisotopic (exact) mass is 352 g/mol. The molecule has 2 aromatic heterocycles.